The number of aryl methyl sites for hydroxylation is 3. The second kappa shape index (κ2) is 9.28. The second-order valence-electron chi connectivity index (χ2n) is 9.13. The van der Waals surface area contributed by atoms with Crippen LogP contribution >= 0.6 is 0 Å². The molecule has 0 spiro atoms. The third kappa shape index (κ3) is 4.28. The predicted molar refractivity (Wildman–Crippen MR) is 141 cm³/mol. The van der Waals surface area contributed by atoms with Crippen LogP contribution in [0.3, 0.4) is 0 Å². The molecule has 7 nitrogen and oxygen atoms in total. The average Bonchev–Trinajstić information content (AvgIpc) is 3.40. The molecule has 0 radical (unpaired) electrons. The molecule has 3 aromatic heterocycles. The Hall–Kier alpha value is -3.91. The van der Waals surface area contributed by atoms with Gasteiger partial charge in [0.15, 0.2) is 5.65 Å². The SMILES string of the molecule is Cc1ccc(S(=O)(=O)n2c(-c3cn(C)c4ccc(CCCCC(=O)O)cc34)cc3cccnc32)cc1. The standard InChI is InChI=1S/C28H27N3O4S/c1-19-9-12-22(13-10-19)36(34,35)31-26(17-21-7-5-15-29-28(21)31)24-18-30(2)25-14-11-20(16-23(24)25)6-3-4-8-27(32)33/h5,7,9-18H,3-4,6,8H2,1-2H3,(H,32,33). The molecule has 0 aliphatic rings. The maximum absolute atomic E-state index is 13.9. The Morgan fingerprint density at radius 2 is 1.81 bits per heavy atom. The van der Waals surface area contributed by atoms with Gasteiger partial charge in [0.2, 0.25) is 0 Å². The van der Waals surface area contributed by atoms with E-state index >= 15 is 0 Å². The number of fused-ring (bicyclic) bond motifs is 2. The van der Waals surface area contributed by atoms with Crippen molar-refractivity contribution in [2.75, 3.05) is 0 Å². The van der Waals surface area contributed by atoms with Gasteiger partial charge in [-0.1, -0.05) is 23.8 Å². The van der Waals surface area contributed by atoms with Gasteiger partial charge in [-0.15, -0.1) is 0 Å². The van der Waals surface area contributed by atoms with Gasteiger partial charge in [-0.3, -0.25) is 4.79 Å². The Bertz CT molecular complexity index is 1700. The lowest BCUT2D eigenvalue weighted by atomic mass is 10.0. The molecule has 0 aliphatic heterocycles. The van der Waals surface area contributed by atoms with E-state index in [1.807, 2.05) is 49.0 Å². The van der Waals surface area contributed by atoms with E-state index in [2.05, 4.69) is 11.1 Å². The van der Waals surface area contributed by atoms with E-state index < -0.39 is 16.0 Å². The molecule has 2 aromatic carbocycles. The number of rotatable bonds is 8. The Morgan fingerprint density at radius 1 is 1.03 bits per heavy atom. The molecule has 36 heavy (non-hydrogen) atoms. The highest BCUT2D eigenvalue weighted by Crippen LogP contribution is 2.36. The number of pyridine rings is 1. The summed E-state index contributed by atoms with van der Waals surface area (Å²) >= 11 is 0. The minimum absolute atomic E-state index is 0.156. The van der Waals surface area contributed by atoms with Gasteiger partial charge in [-0.2, -0.15) is 0 Å². The highest BCUT2D eigenvalue weighted by molar-refractivity contribution is 7.90. The van der Waals surface area contributed by atoms with Gasteiger partial charge in [0, 0.05) is 47.7 Å². The van der Waals surface area contributed by atoms with Crippen LogP contribution < -0.4 is 0 Å². The number of aliphatic carboxylic acids is 1. The molecule has 5 aromatic rings. The molecular formula is C28H27N3O4S. The van der Waals surface area contributed by atoms with Gasteiger partial charge in [0.25, 0.3) is 10.0 Å². The van der Waals surface area contributed by atoms with Crippen LogP contribution in [0.15, 0.2) is 78.0 Å². The fourth-order valence-electron chi connectivity index (χ4n) is 4.66. The second-order valence-corrected chi connectivity index (χ2v) is 10.9. The molecule has 0 amide bonds. The quantitative estimate of drug-likeness (QED) is 0.282. The Morgan fingerprint density at radius 3 is 2.56 bits per heavy atom. The van der Waals surface area contributed by atoms with Crippen molar-refractivity contribution in [1.82, 2.24) is 13.5 Å². The maximum atomic E-state index is 13.9. The smallest absolute Gasteiger partial charge is 0.303 e. The summed E-state index contributed by atoms with van der Waals surface area (Å²) in [5.74, 6) is -0.785. The van der Waals surface area contributed by atoms with Crippen LogP contribution in [0.4, 0.5) is 0 Å². The lowest BCUT2D eigenvalue weighted by molar-refractivity contribution is -0.137. The molecule has 1 N–H and O–H groups in total. The van der Waals surface area contributed by atoms with Crippen molar-refractivity contribution in [2.24, 2.45) is 7.05 Å². The summed E-state index contributed by atoms with van der Waals surface area (Å²) < 4.78 is 31.2. The molecule has 8 heteroatoms. The zero-order chi connectivity index (χ0) is 25.4. The van der Waals surface area contributed by atoms with Crippen molar-refractivity contribution >= 4 is 37.9 Å². The van der Waals surface area contributed by atoms with Crippen molar-refractivity contribution in [3.8, 4) is 11.3 Å². The largest absolute Gasteiger partial charge is 0.481 e. The van der Waals surface area contributed by atoms with E-state index in [9.17, 15) is 13.2 Å². The first-order valence-electron chi connectivity index (χ1n) is 11.8. The van der Waals surface area contributed by atoms with Gasteiger partial charge in [0.1, 0.15) is 0 Å². The van der Waals surface area contributed by atoms with Crippen molar-refractivity contribution in [2.45, 2.75) is 37.5 Å². The lowest BCUT2D eigenvalue weighted by Crippen LogP contribution is -2.14. The van der Waals surface area contributed by atoms with Crippen LogP contribution in [-0.4, -0.2) is 33.0 Å². The van der Waals surface area contributed by atoms with Crippen LogP contribution in [0.5, 0.6) is 0 Å². The Labute approximate surface area is 209 Å². The Kier molecular flexibility index (Phi) is 6.14. The summed E-state index contributed by atoms with van der Waals surface area (Å²) in [5, 5.41) is 10.6. The molecule has 0 saturated carbocycles. The minimum atomic E-state index is -3.92. The molecule has 184 valence electrons. The van der Waals surface area contributed by atoms with E-state index in [4.69, 9.17) is 5.11 Å². The lowest BCUT2D eigenvalue weighted by Gasteiger charge is -2.12. The highest BCUT2D eigenvalue weighted by atomic mass is 32.2. The average molecular weight is 502 g/mol. The van der Waals surface area contributed by atoms with Gasteiger partial charge in [-0.05, 0) is 74.2 Å². The zero-order valence-electron chi connectivity index (χ0n) is 20.2. The number of unbranched alkanes of at least 4 members (excludes halogenated alkanes) is 1. The number of aromatic nitrogens is 3. The molecule has 0 aliphatic carbocycles. The highest BCUT2D eigenvalue weighted by Gasteiger charge is 2.26. The van der Waals surface area contributed by atoms with E-state index in [1.165, 1.54) is 3.97 Å². The number of hydrogen-bond acceptors (Lipinski definition) is 4. The molecule has 0 unspecified atom stereocenters. The van der Waals surface area contributed by atoms with Crippen molar-refractivity contribution in [3.63, 3.8) is 0 Å². The van der Waals surface area contributed by atoms with Gasteiger partial charge in [-0.25, -0.2) is 17.4 Å². The monoisotopic (exact) mass is 501 g/mol. The zero-order valence-corrected chi connectivity index (χ0v) is 21.0. The van der Waals surface area contributed by atoms with Crippen LogP contribution in [0.2, 0.25) is 0 Å². The summed E-state index contributed by atoms with van der Waals surface area (Å²) in [6.07, 6.45) is 5.85. The van der Waals surface area contributed by atoms with Crippen molar-refractivity contribution in [3.05, 3.63) is 84.2 Å². The summed E-state index contributed by atoms with van der Waals surface area (Å²) in [5.41, 5.74) is 4.79. The van der Waals surface area contributed by atoms with Crippen LogP contribution in [0.25, 0.3) is 33.2 Å². The summed E-state index contributed by atoms with van der Waals surface area (Å²) in [4.78, 5) is 15.5. The topological polar surface area (TPSA) is 94.2 Å². The molecule has 5 rings (SSSR count). The first kappa shape index (κ1) is 23.8. The number of hydrogen-bond donors (Lipinski definition) is 1. The minimum Gasteiger partial charge on any atom is -0.481 e. The maximum Gasteiger partial charge on any atom is 0.303 e. The van der Waals surface area contributed by atoms with Crippen LogP contribution in [-0.2, 0) is 28.3 Å². The molecule has 0 atom stereocenters. The van der Waals surface area contributed by atoms with E-state index in [1.54, 1.807) is 36.5 Å². The number of carboxylic acid groups (broad SMARTS) is 1. The normalized spacial score (nSPS) is 11.9. The van der Waals surface area contributed by atoms with Gasteiger partial charge in [0.05, 0.1) is 10.6 Å². The Balaban J connectivity index is 1.67. The van der Waals surface area contributed by atoms with Crippen LogP contribution in [0, 0.1) is 6.92 Å². The molecule has 0 saturated heterocycles. The molecule has 0 fully saturated rings. The summed E-state index contributed by atoms with van der Waals surface area (Å²) in [6.45, 7) is 1.92. The van der Waals surface area contributed by atoms with Crippen LogP contribution in [0.1, 0.15) is 30.4 Å². The van der Waals surface area contributed by atoms with E-state index in [0.29, 0.717) is 17.8 Å². The summed E-state index contributed by atoms with van der Waals surface area (Å²) in [7, 11) is -1.98. The third-order valence-electron chi connectivity index (χ3n) is 6.52. The number of carbonyl (C=O) groups is 1. The molecular weight excluding hydrogens is 474 g/mol. The van der Waals surface area contributed by atoms with Gasteiger partial charge < -0.3 is 9.67 Å². The van der Waals surface area contributed by atoms with E-state index in [0.717, 1.165) is 45.8 Å². The molecule has 3 heterocycles. The first-order chi connectivity index (χ1) is 17.3. The van der Waals surface area contributed by atoms with Crippen molar-refractivity contribution in [1.29, 1.82) is 0 Å². The fraction of sp³-hybridized carbons (Fsp3) is 0.214. The van der Waals surface area contributed by atoms with Crippen molar-refractivity contribution < 1.29 is 18.3 Å². The molecule has 0 bridgehead atoms. The number of carboxylic acids is 1. The summed E-state index contributed by atoms with van der Waals surface area (Å²) in [6, 6.07) is 18.5. The van der Waals surface area contributed by atoms with E-state index in [-0.39, 0.29) is 11.3 Å². The number of benzene rings is 2. The third-order valence-corrected chi connectivity index (χ3v) is 8.23. The fourth-order valence-corrected chi connectivity index (χ4v) is 6.14. The van der Waals surface area contributed by atoms with Gasteiger partial charge >= 0.3 is 5.97 Å². The first-order valence-corrected chi connectivity index (χ1v) is 13.3. The predicted octanol–water partition coefficient (Wildman–Crippen LogP) is 5.54. The number of nitrogens with zero attached hydrogens (tertiary/aromatic N) is 3.